The number of rotatable bonds is 4. The number of pyridine rings is 1. The van der Waals surface area contributed by atoms with Gasteiger partial charge in [-0.25, -0.2) is 4.98 Å². The fourth-order valence-corrected chi connectivity index (χ4v) is 2.38. The molecule has 78 valence electrons. The number of alkyl halides is 1. The summed E-state index contributed by atoms with van der Waals surface area (Å²) < 4.78 is 1.03. The van der Waals surface area contributed by atoms with E-state index >= 15 is 0 Å². The normalized spacial score (nSPS) is 11.7. The van der Waals surface area contributed by atoms with E-state index in [2.05, 4.69) is 50.7 Å². The number of hydrogen-bond acceptors (Lipinski definition) is 2. The van der Waals surface area contributed by atoms with Gasteiger partial charge in [-0.05, 0) is 33.5 Å². The molecular weight excluding hydrogens is 326 g/mol. The van der Waals surface area contributed by atoms with Gasteiger partial charge in [-0.2, -0.15) is 0 Å². The van der Waals surface area contributed by atoms with Gasteiger partial charge in [0.25, 0.3) is 0 Å². The molecule has 0 N–H and O–H groups in total. The molecule has 0 atom stereocenters. The van der Waals surface area contributed by atoms with Gasteiger partial charge in [-0.3, -0.25) is 0 Å². The van der Waals surface area contributed by atoms with Crippen molar-refractivity contribution in [3.05, 3.63) is 22.8 Å². The first kappa shape index (κ1) is 12.5. The molecule has 1 heterocycles. The van der Waals surface area contributed by atoms with Crippen LogP contribution in [0.4, 0.5) is 0 Å². The number of nitrogens with zero attached hydrogens (tertiary/aromatic N) is 1. The molecule has 1 aromatic rings. The monoisotopic (exact) mass is 337 g/mol. The van der Waals surface area contributed by atoms with Crippen molar-refractivity contribution in [1.29, 1.82) is 0 Å². The Morgan fingerprint density at radius 2 is 2.14 bits per heavy atom. The third-order valence-electron chi connectivity index (χ3n) is 1.67. The van der Waals surface area contributed by atoms with E-state index in [4.69, 9.17) is 0 Å². The highest BCUT2D eigenvalue weighted by Gasteiger charge is 2.16. The lowest BCUT2D eigenvalue weighted by atomic mass is 10.0. The Kier molecular flexibility index (Phi) is 4.94. The molecule has 0 amide bonds. The van der Waals surface area contributed by atoms with Crippen molar-refractivity contribution in [1.82, 2.24) is 4.98 Å². The zero-order valence-electron chi connectivity index (χ0n) is 8.26. The van der Waals surface area contributed by atoms with Crippen LogP contribution in [0, 0.1) is 5.41 Å². The average molecular weight is 339 g/mol. The maximum absolute atomic E-state index is 4.32. The van der Waals surface area contributed by atoms with Crippen molar-refractivity contribution in [3.8, 4) is 0 Å². The van der Waals surface area contributed by atoms with Crippen LogP contribution in [0.5, 0.6) is 0 Å². The van der Waals surface area contributed by atoms with E-state index in [1.54, 1.807) is 11.8 Å². The van der Waals surface area contributed by atoms with Crippen LogP contribution in [-0.4, -0.2) is 16.1 Å². The second-order valence-corrected chi connectivity index (χ2v) is 6.37. The molecular formula is C10H13Br2NS. The Morgan fingerprint density at radius 3 is 2.64 bits per heavy atom. The van der Waals surface area contributed by atoms with Crippen LogP contribution in [0.15, 0.2) is 27.8 Å². The lowest BCUT2D eigenvalue weighted by Crippen LogP contribution is -2.16. The second kappa shape index (κ2) is 5.52. The van der Waals surface area contributed by atoms with Gasteiger partial charge in [-0.15, -0.1) is 11.8 Å². The Labute approximate surface area is 106 Å². The highest BCUT2D eigenvalue weighted by molar-refractivity contribution is 9.10. The zero-order valence-corrected chi connectivity index (χ0v) is 12.2. The van der Waals surface area contributed by atoms with Crippen LogP contribution in [0.1, 0.15) is 13.8 Å². The van der Waals surface area contributed by atoms with Gasteiger partial charge >= 0.3 is 0 Å². The van der Waals surface area contributed by atoms with Gasteiger partial charge in [0.2, 0.25) is 0 Å². The first-order valence-corrected chi connectivity index (χ1v) is 7.24. The Hall–Kier alpha value is 0.460. The molecule has 0 radical (unpaired) electrons. The summed E-state index contributed by atoms with van der Waals surface area (Å²) in [6, 6.07) is 4.07. The minimum Gasteiger partial charge on any atom is -0.249 e. The summed E-state index contributed by atoms with van der Waals surface area (Å²) in [5.41, 5.74) is 0.319. The highest BCUT2D eigenvalue weighted by Crippen LogP contribution is 2.28. The minimum atomic E-state index is 0.319. The summed E-state index contributed by atoms with van der Waals surface area (Å²) >= 11 is 8.68. The molecule has 4 heteroatoms. The maximum atomic E-state index is 4.32. The maximum Gasteiger partial charge on any atom is 0.0960 e. The standard InChI is InChI=1S/C10H13Br2NS/c1-10(2,6-11)7-14-9-4-3-8(12)5-13-9/h3-5H,6-7H2,1-2H3. The van der Waals surface area contributed by atoms with Crippen LogP contribution in [0.25, 0.3) is 0 Å². The first-order valence-electron chi connectivity index (χ1n) is 4.34. The van der Waals surface area contributed by atoms with Crippen molar-refractivity contribution in [2.24, 2.45) is 5.41 Å². The topological polar surface area (TPSA) is 12.9 Å². The Morgan fingerprint density at radius 1 is 1.43 bits per heavy atom. The number of hydrogen-bond donors (Lipinski definition) is 0. The van der Waals surface area contributed by atoms with Gasteiger partial charge in [0.15, 0.2) is 0 Å². The van der Waals surface area contributed by atoms with Gasteiger partial charge in [0.05, 0.1) is 5.03 Å². The summed E-state index contributed by atoms with van der Waals surface area (Å²) in [4.78, 5) is 4.32. The van der Waals surface area contributed by atoms with E-state index < -0.39 is 0 Å². The lowest BCUT2D eigenvalue weighted by Gasteiger charge is -2.20. The smallest absolute Gasteiger partial charge is 0.0960 e. The van der Waals surface area contributed by atoms with Crippen LogP contribution in [0.2, 0.25) is 0 Å². The average Bonchev–Trinajstić information content (AvgIpc) is 2.17. The molecule has 0 aliphatic rings. The third-order valence-corrected chi connectivity index (χ3v) is 5.12. The summed E-state index contributed by atoms with van der Waals surface area (Å²) in [7, 11) is 0. The predicted molar refractivity (Wildman–Crippen MR) is 70.2 cm³/mol. The highest BCUT2D eigenvalue weighted by atomic mass is 79.9. The van der Waals surface area contributed by atoms with Crippen LogP contribution >= 0.6 is 43.6 Å². The van der Waals surface area contributed by atoms with Crippen molar-refractivity contribution in [3.63, 3.8) is 0 Å². The number of halogens is 2. The molecule has 0 unspecified atom stereocenters. The molecule has 0 saturated heterocycles. The lowest BCUT2D eigenvalue weighted by molar-refractivity contribution is 0.496. The van der Waals surface area contributed by atoms with Gasteiger partial charge in [0, 0.05) is 21.8 Å². The van der Waals surface area contributed by atoms with E-state index in [1.165, 1.54) is 0 Å². The van der Waals surface area contributed by atoms with Crippen molar-refractivity contribution < 1.29 is 0 Å². The molecule has 0 saturated carbocycles. The van der Waals surface area contributed by atoms with E-state index in [1.807, 2.05) is 18.3 Å². The van der Waals surface area contributed by atoms with Gasteiger partial charge < -0.3 is 0 Å². The number of thioether (sulfide) groups is 1. The van der Waals surface area contributed by atoms with Crippen LogP contribution < -0.4 is 0 Å². The quantitative estimate of drug-likeness (QED) is 0.597. The zero-order chi connectivity index (χ0) is 10.6. The predicted octanol–water partition coefficient (Wildman–Crippen LogP) is 4.36. The largest absolute Gasteiger partial charge is 0.249 e. The van der Waals surface area contributed by atoms with E-state index in [0.717, 1.165) is 20.6 Å². The van der Waals surface area contributed by atoms with Crippen molar-refractivity contribution in [2.75, 3.05) is 11.1 Å². The van der Waals surface area contributed by atoms with Gasteiger partial charge in [-0.1, -0.05) is 29.8 Å². The molecule has 0 aliphatic carbocycles. The minimum absolute atomic E-state index is 0.319. The summed E-state index contributed by atoms with van der Waals surface area (Å²) in [5, 5.41) is 2.10. The van der Waals surface area contributed by atoms with Crippen LogP contribution in [-0.2, 0) is 0 Å². The second-order valence-electron chi connectivity index (χ2n) is 3.90. The SMILES string of the molecule is CC(C)(CBr)CSc1ccc(Br)cn1. The summed E-state index contributed by atoms with van der Waals surface area (Å²) in [6.45, 7) is 4.49. The fourth-order valence-electron chi connectivity index (χ4n) is 0.756. The summed E-state index contributed by atoms with van der Waals surface area (Å²) in [5.74, 6) is 1.08. The van der Waals surface area contributed by atoms with E-state index in [9.17, 15) is 0 Å². The molecule has 1 nitrogen and oxygen atoms in total. The van der Waals surface area contributed by atoms with Crippen molar-refractivity contribution >= 4 is 43.6 Å². The van der Waals surface area contributed by atoms with Crippen LogP contribution in [0.3, 0.4) is 0 Å². The van der Waals surface area contributed by atoms with Crippen molar-refractivity contribution in [2.45, 2.75) is 18.9 Å². The Bertz CT molecular complexity index is 285. The molecule has 0 bridgehead atoms. The fraction of sp³-hybridized carbons (Fsp3) is 0.500. The molecule has 0 fully saturated rings. The molecule has 1 rings (SSSR count). The number of aromatic nitrogens is 1. The molecule has 0 aliphatic heterocycles. The van der Waals surface area contributed by atoms with Gasteiger partial charge in [0.1, 0.15) is 0 Å². The molecule has 14 heavy (non-hydrogen) atoms. The first-order chi connectivity index (χ1) is 6.53. The molecule has 0 spiro atoms. The third kappa shape index (κ3) is 4.32. The molecule has 0 aromatic carbocycles. The van der Waals surface area contributed by atoms with E-state index in [0.29, 0.717) is 5.41 Å². The summed E-state index contributed by atoms with van der Waals surface area (Å²) in [6.07, 6.45) is 1.84. The Balaban J connectivity index is 2.50. The molecule has 1 aromatic heterocycles. The van der Waals surface area contributed by atoms with E-state index in [-0.39, 0.29) is 0 Å².